The largest absolute Gasteiger partial charge is 0.381 e. The number of halogens is 3. The summed E-state index contributed by atoms with van der Waals surface area (Å²) in [6.07, 6.45) is -1.45. The van der Waals surface area contributed by atoms with Crippen molar-refractivity contribution in [3.8, 4) is 0 Å². The van der Waals surface area contributed by atoms with E-state index in [0.717, 1.165) is 48.8 Å². The third-order valence-corrected chi connectivity index (χ3v) is 6.62. The van der Waals surface area contributed by atoms with E-state index in [4.69, 9.17) is 4.74 Å². The second-order valence-electron chi connectivity index (χ2n) is 8.59. The van der Waals surface area contributed by atoms with Gasteiger partial charge in [0.05, 0.1) is 18.8 Å². The van der Waals surface area contributed by atoms with E-state index in [1.54, 1.807) is 0 Å². The number of rotatable bonds is 5. The lowest BCUT2D eigenvalue weighted by molar-refractivity contribution is 0.146. The van der Waals surface area contributed by atoms with E-state index in [-0.39, 0.29) is 12.1 Å². The second-order valence-corrected chi connectivity index (χ2v) is 8.59. The zero-order valence-corrected chi connectivity index (χ0v) is 17.6. The number of nitrogens with one attached hydrogen (secondary N) is 1. The summed E-state index contributed by atoms with van der Waals surface area (Å²) in [6.45, 7) is 3.47. The highest BCUT2D eigenvalue weighted by Gasteiger charge is 2.37. The van der Waals surface area contributed by atoms with Crippen molar-refractivity contribution < 1.29 is 17.9 Å². The first kappa shape index (κ1) is 20.2. The van der Waals surface area contributed by atoms with Crippen LogP contribution in [-0.4, -0.2) is 46.1 Å². The van der Waals surface area contributed by atoms with Crippen molar-refractivity contribution in [3.63, 3.8) is 0 Å². The number of ether oxygens (including phenoxy) is 1. The van der Waals surface area contributed by atoms with E-state index >= 15 is 0 Å². The summed E-state index contributed by atoms with van der Waals surface area (Å²) in [7, 11) is 0. The fraction of sp³-hybridized carbons (Fsp3) is 0.348. The number of hydrogen-bond donors (Lipinski definition) is 1. The molecule has 0 bridgehead atoms. The highest BCUT2D eigenvalue weighted by molar-refractivity contribution is 6.01. The van der Waals surface area contributed by atoms with Gasteiger partial charge in [0.15, 0.2) is 11.5 Å². The Bertz CT molecular complexity index is 1330. The van der Waals surface area contributed by atoms with Crippen LogP contribution in [0.3, 0.4) is 0 Å². The minimum absolute atomic E-state index is 0.00409. The maximum atomic E-state index is 14.5. The van der Waals surface area contributed by atoms with Crippen molar-refractivity contribution in [2.75, 3.05) is 36.5 Å². The van der Waals surface area contributed by atoms with E-state index in [2.05, 4.69) is 31.5 Å². The minimum atomic E-state index is -2.87. The standard InChI is InChI=1S/C23H21F3N6O/c24-20-13(2-1-3-18(20)21(25)26)7-27-22-19-6-16(31-8-14-10-33-11-15(14)9-31)4-5-17(19)23-28-12-29-32(23)30-22/h1-6,12,14-15,21H,7-11H2,(H,27,30). The molecule has 2 unspecified atom stereocenters. The quantitative estimate of drug-likeness (QED) is 0.491. The van der Waals surface area contributed by atoms with Crippen LogP contribution in [0, 0.1) is 17.7 Å². The smallest absolute Gasteiger partial charge is 0.266 e. The molecule has 6 rings (SSSR count). The van der Waals surface area contributed by atoms with E-state index in [0.29, 0.717) is 23.3 Å². The molecule has 170 valence electrons. The van der Waals surface area contributed by atoms with Crippen molar-refractivity contribution in [1.82, 2.24) is 19.8 Å². The topological polar surface area (TPSA) is 67.6 Å². The molecule has 4 heterocycles. The minimum Gasteiger partial charge on any atom is -0.381 e. The summed E-state index contributed by atoms with van der Waals surface area (Å²) in [5.74, 6) is 0.660. The fourth-order valence-electron chi connectivity index (χ4n) is 4.87. The van der Waals surface area contributed by atoms with Gasteiger partial charge >= 0.3 is 0 Å². The highest BCUT2D eigenvalue weighted by Crippen LogP contribution is 2.35. The molecule has 0 saturated carbocycles. The van der Waals surface area contributed by atoms with E-state index in [1.807, 2.05) is 12.1 Å². The van der Waals surface area contributed by atoms with Gasteiger partial charge in [-0.3, -0.25) is 0 Å². The van der Waals surface area contributed by atoms with Gasteiger partial charge in [-0.15, -0.1) is 14.8 Å². The van der Waals surface area contributed by atoms with Crippen molar-refractivity contribution in [3.05, 3.63) is 59.7 Å². The van der Waals surface area contributed by atoms with Crippen molar-refractivity contribution in [2.45, 2.75) is 13.0 Å². The van der Waals surface area contributed by atoms with Crippen LogP contribution >= 0.6 is 0 Å². The molecule has 2 aromatic heterocycles. The van der Waals surface area contributed by atoms with Gasteiger partial charge in [0.1, 0.15) is 12.1 Å². The van der Waals surface area contributed by atoms with E-state index < -0.39 is 17.8 Å². The summed E-state index contributed by atoms with van der Waals surface area (Å²) in [4.78, 5) is 6.66. The number of anilines is 2. The Hall–Kier alpha value is -3.40. The molecule has 7 nitrogen and oxygen atoms in total. The third-order valence-electron chi connectivity index (χ3n) is 6.62. The van der Waals surface area contributed by atoms with Gasteiger partial charge in [0.2, 0.25) is 0 Å². The van der Waals surface area contributed by atoms with Gasteiger partial charge in [-0.05, 0) is 18.2 Å². The third kappa shape index (κ3) is 3.45. The number of alkyl halides is 2. The van der Waals surface area contributed by atoms with Gasteiger partial charge in [-0.2, -0.15) is 0 Å². The van der Waals surface area contributed by atoms with Crippen LogP contribution < -0.4 is 10.2 Å². The molecule has 2 aliphatic rings. The zero-order valence-electron chi connectivity index (χ0n) is 17.6. The van der Waals surface area contributed by atoms with Crippen molar-refractivity contribution >= 4 is 27.9 Å². The molecule has 2 aromatic carbocycles. The second kappa shape index (κ2) is 7.87. The van der Waals surface area contributed by atoms with Crippen molar-refractivity contribution in [2.24, 2.45) is 11.8 Å². The number of aromatic nitrogens is 4. The van der Waals surface area contributed by atoms with Crippen LogP contribution in [0.4, 0.5) is 24.7 Å². The Labute approximate surface area is 187 Å². The Morgan fingerprint density at radius 2 is 1.91 bits per heavy atom. The van der Waals surface area contributed by atoms with Crippen LogP contribution in [0.15, 0.2) is 42.7 Å². The molecule has 0 spiro atoms. The molecule has 0 aliphatic carbocycles. The Balaban J connectivity index is 1.37. The zero-order chi connectivity index (χ0) is 22.5. The predicted octanol–water partition coefficient (Wildman–Crippen LogP) is 4.05. The summed E-state index contributed by atoms with van der Waals surface area (Å²) in [6, 6.07) is 10.1. The molecule has 2 atom stereocenters. The number of hydrogen-bond acceptors (Lipinski definition) is 6. The average Bonchev–Trinajstić information content (AvgIpc) is 3.54. The highest BCUT2D eigenvalue weighted by atomic mass is 19.3. The molecular weight excluding hydrogens is 433 g/mol. The SMILES string of the molecule is Fc1c(CNc2nn3ncnc3c3ccc(N4CC5COCC5C4)cc23)cccc1C(F)F. The molecule has 0 amide bonds. The first-order valence-electron chi connectivity index (χ1n) is 10.8. The molecule has 0 radical (unpaired) electrons. The number of nitrogens with zero attached hydrogens (tertiary/aromatic N) is 5. The normalized spacial score (nSPS) is 20.3. The Morgan fingerprint density at radius 1 is 1.09 bits per heavy atom. The summed E-state index contributed by atoms with van der Waals surface area (Å²) < 4.78 is 47.7. The van der Waals surface area contributed by atoms with Crippen LogP contribution in [0.1, 0.15) is 17.6 Å². The van der Waals surface area contributed by atoms with Crippen molar-refractivity contribution in [1.29, 1.82) is 0 Å². The van der Waals surface area contributed by atoms with Gasteiger partial charge in [-0.25, -0.2) is 18.2 Å². The first-order valence-corrected chi connectivity index (χ1v) is 10.8. The fourth-order valence-corrected chi connectivity index (χ4v) is 4.87. The average molecular weight is 454 g/mol. The molecular formula is C23H21F3N6O. The van der Waals surface area contributed by atoms with E-state index in [9.17, 15) is 13.2 Å². The monoisotopic (exact) mass is 454 g/mol. The molecule has 4 aromatic rings. The summed E-state index contributed by atoms with van der Waals surface area (Å²) in [5.41, 5.74) is 1.21. The summed E-state index contributed by atoms with van der Waals surface area (Å²) >= 11 is 0. The molecule has 10 heteroatoms. The molecule has 33 heavy (non-hydrogen) atoms. The molecule has 2 saturated heterocycles. The number of fused-ring (bicyclic) bond motifs is 4. The maximum absolute atomic E-state index is 14.5. The lowest BCUT2D eigenvalue weighted by atomic mass is 10.0. The number of benzene rings is 2. The predicted molar refractivity (Wildman–Crippen MR) is 117 cm³/mol. The summed E-state index contributed by atoms with van der Waals surface area (Å²) in [5, 5.41) is 13.4. The Morgan fingerprint density at radius 3 is 2.70 bits per heavy atom. The Kier molecular flexibility index (Phi) is 4.83. The van der Waals surface area contributed by atoms with Gasteiger partial charge in [0, 0.05) is 53.5 Å². The maximum Gasteiger partial charge on any atom is 0.266 e. The van der Waals surface area contributed by atoms with Gasteiger partial charge in [-0.1, -0.05) is 18.2 Å². The van der Waals surface area contributed by atoms with Crippen LogP contribution in [0.2, 0.25) is 0 Å². The van der Waals surface area contributed by atoms with Crippen LogP contribution in [-0.2, 0) is 11.3 Å². The van der Waals surface area contributed by atoms with E-state index in [1.165, 1.54) is 23.1 Å². The first-order chi connectivity index (χ1) is 16.1. The lowest BCUT2D eigenvalue weighted by Crippen LogP contribution is -2.22. The lowest BCUT2D eigenvalue weighted by Gasteiger charge is -2.21. The molecule has 2 aliphatic heterocycles. The molecule has 2 fully saturated rings. The van der Waals surface area contributed by atoms with Gasteiger partial charge in [0.25, 0.3) is 6.43 Å². The van der Waals surface area contributed by atoms with Gasteiger partial charge < -0.3 is 15.0 Å². The van der Waals surface area contributed by atoms with Crippen LogP contribution in [0.5, 0.6) is 0 Å². The van der Waals surface area contributed by atoms with Crippen LogP contribution in [0.25, 0.3) is 16.4 Å². The molecule has 1 N–H and O–H groups in total.